The zero-order valence-corrected chi connectivity index (χ0v) is 14.5. The lowest BCUT2D eigenvalue weighted by molar-refractivity contribution is -0.123. The average molecular weight is 369 g/mol. The van der Waals surface area contributed by atoms with Gasteiger partial charge in [-0.15, -0.1) is 0 Å². The Morgan fingerprint density at radius 2 is 2.23 bits per heavy atom. The van der Waals surface area contributed by atoms with Gasteiger partial charge in [-0.2, -0.15) is 0 Å². The predicted octanol–water partition coefficient (Wildman–Crippen LogP) is 2.45. The number of piperazine rings is 1. The van der Waals surface area contributed by atoms with Crippen LogP contribution in [0.3, 0.4) is 0 Å². The van der Waals surface area contributed by atoms with Crippen LogP contribution in [0.5, 0.6) is 5.75 Å². The Bertz CT molecular complexity index is 560. The smallest absolute Gasteiger partial charge is 0.254 e. The number of hydrogen-bond acceptors (Lipinski definition) is 3. The van der Waals surface area contributed by atoms with Gasteiger partial charge in [0.25, 0.3) is 5.91 Å². The van der Waals surface area contributed by atoms with Crippen molar-refractivity contribution in [3.05, 3.63) is 28.2 Å². The third-order valence-electron chi connectivity index (χ3n) is 3.46. The SMILES string of the molecule is CC(C)CCOc1ccc(C(=O)N2CCNC(=O)C2)cc1Br. The lowest BCUT2D eigenvalue weighted by atomic mass is 10.1. The van der Waals surface area contributed by atoms with Crippen LogP contribution in [0.25, 0.3) is 0 Å². The number of hydrogen-bond donors (Lipinski definition) is 1. The molecule has 1 aromatic rings. The van der Waals surface area contributed by atoms with Crippen molar-refractivity contribution in [2.75, 3.05) is 26.2 Å². The second-order valence-electron chi connectivity index (χ2n) is 5.75. The van der Waals surface area contributed by atoms with E-state index in [0.29, 0.717) is 31.2 Å². The van der Waals surface area contributed by atoms with E-state index >= 15 is 0 Å². The molecule has 0 radical (unpaired) electrons. The Labute approximate surface area is 139 Å². The third-order valence-corrected chi connectivity index (χ3v) is 4.08. The molecule has 2 amide bonds. The molecule has 6 heteroatoms. The van der Waals surface area contributed by atoms with Crippen molar-refractivity contribution in [3.63, 3.8) is 0 Å². The largest absolute Gasteiger partial charge is 0.492 e. The Hall–Kier alpha value is -1.56. The summed E-state index contributed by atoms with van der Waals surface area (Å²) in [7, 11) is 0. The molecule has 1 N–H and O–H groups in total. The van der Waals surface area contributed by atoms with Gasteiger partial charge in [-0.25, -0.2) is 0 Å². The van der Waals surface area contributed by atoms with Gasteiger partial charge in [-0.3, -0.25) is 9.59 Å². The van der Waals surface area contributed by atoms with Gasteiger partial charge in [0.15, 0.2) is 0 Å². The highest BCUT2D eigenvalue weighted by Gasteiger charge is 2.22. The zero-order chi connectivity index (χ0) is 16.1. The number of amides is 2. The van der Waals surface area contributed by atoms with Crippen LogP contribution in [0, 0.1) is 5.92 Å². The fourth-order valence-corrected chi connectivity index (χ4v) is 2.64. The molecule has 0 unspecified atom stereocenters. The number of ether oxygens (including phenoxy) is 1. The van der Waals surface area contributed by atoms with Gasteiger partial charge in [-0.05, 0) is 46.5 Å². The van der Waals surface area contributed by atoms with Crippen molar-refractivity contribution in [3.8, 4) is 5.75 Å². The summed E-state index contributed by atoms with van der Waals surface area (Å²) in [6.45, 7) is 6.10. The fraction of sp³-hybridized carbons (Fsp3) is 0.500. The summed E-state index contributed by atoms with van der Waals surface area (Å²) < 4.78 is 6.46. The standard InChI is InChI=1S/C16H21BrN2O3/c1-11(2)5-8-22-14-4-3-12(9-13(14)17)16(21)19-7-6-18-15(20)10-19/h3-4,9,11H,5-8,10H2,1-2H3,(H,18,20). The minimum absolute atomic E-state index is 0.114. The van der Waals surface area contributed by atoms with Gasteiger partial charge >= 0.3 is 0 Å². The molecule has 0 aliphatic carbocycles. The van der Waals surface area contributed by atoms with Crippen LogP contribution in [0.1, 0.15) is 30.6 Å². The molecule has 2 rings (SSSR count). The maximum atomic E-state index is 12.4. The number of carbonyl (C=O) groups is 2. The number of nitrogens with zero attached hydrogens (tertiary/aromatic N) is 1. The van der Waals surface area contributed by atoms with Crippen molar-refractivity contribution in [1.29, 1.82) is 0 Å². The second kappa shape index (κ2) is 7.63. The van der Waals surface area contributed by atoms with E-state index in [-0.39, 0.29) is 18.4 Å². The highest BCUT2D eigenvalue weighted by molar-refractivity contribution is 9.10. The Morgan fingerprint density at radius 1 is 1.45 bits per heavy atom. The number of rotatable bonds is 5. The number of benzene rings is 1. The molecule has 5 nitrogen and oxygen atoms in total. The van der Waals surface area contributed by atoms with Crippen LogP contribution >= 0.6 is 15.9 Å². The monoisotopic (exact) mass is 368 g/mol. The van der Waals surface area contributed by atoms with Crippen molar-refractivity contribution in [2.45, 2.75) is 20.3 Å². The molecule has 0 atom stereocenters. The molecule has 22 heavy (non-hydrogen) atoms. The van der Waals surface area contributed by atoms with Crippen LogP contribution in [0.2, 0.25) is 0 Å². The molecule has 120 valence electrons. The van der Waals surface area contributed by atoms with Gasteiger partial charge in [0.2, 0.25) is 5.91 Å². The van der Waals surface area contributed by atoms with Crippen molar-refractivity contribution in [2.24, 2.45) is 5.92 Å². The molecular formula is C16H21BrN2O3. The molecule has 1 saturated heterocycles. The third kappa shape index (κ3) is 4.47. The lowest BCUT2D eigenvalue weighted by Gasteiger charge is -2.26. The quantitative estimate of drug-likeness (QED) is 0.868. The van der Waals surface area contributed by atoms with Crippen molar-refractivity contribution < 1.29 is 14.3 Å². The van der Waals surface area contributed by atoms with Crippen molar-refractivity contribution in [1.82, 2.24) is 10.2 Å². The maximum Gasteiger partial charge on any atom is 0.254 e. The van der Waals surface area contributed by atoms with Crippen LogP contribution in [-0.4, -0.2) is 43.0 Å². The topological polar surface area (TPSA) is 58.6 Å². The summed E-state index contributed by atoms with van der Waals surface area (Å²) in [6.07, 6.45) is 0.982. The lowest BCUT2D eigenvalue weighted by Crippen LogP contribution is -2.49. The van der Waals surface area contributed by atoms with Gasteiger partial charge in [0, 0.05) is 18.7 Å². The van der Waals surface area contributed by atoms with Gasteiger partial charge in [0.1, 0.15) is 5.75 Å². The minimum Gasteiger partial charge on any atom is -0.492 e. The maximum absolute atomic E-state index is 12.4. The summed E-state index contributed by atoms with van der Waals surface area (Å²) in [5.41, 5.74) is 0.554. The molecule has 0 spiro atoms. The predicted molar refractivity (Wildman–Crippen MR) is 88.0 cm³/mol. The summed E-state index contributed by atoms with van der Waals surface area (Å²) in [4.78, 5) is 25.3. The van der Waals surface area contributed by atoms with E-state index in [0.717, 1.165) is 16.6 Å². The van der Waals surface area contributed by atoms with Gasteiger partial charge in [-0.1, -0.05) is 13.8 Å². The first-order chi connectivity index (χ1) is 10.5. The molecule has 0 saturated carbocycles. The zero-order valence-electron chi connectivity index (χ0n) is 12.9. The number of halogens is 1. The Kier molecular flexibility index (Phi) is 5.83. The fourth-order valence-electron chi connectivity index (χ4n) is 2.15. The van der Waals surface area contributed by atoms with Crippen molar-refractivity contribution >= 4 is 27.7 Å². The molecule has 1 aliphatic rings. The first-order valence-corrected chi connectivity index (χ1v) is 8.25. The molecular weight excluding hydrogens is 348 g/mol. The molecule has 0 aromatic heterocycles. The normalized spacial score (nSPS) is 14.9. The molecule has 1 aromatic carbocycles. The summed E-state index contributed by atoms with van der Waals surface area (Å²) in [5, 5.41) is 2.71. The molecule has 1 fully saturated rings. The van der Waals surface area contributed by atoms with Gasteiger partial charge < -0.3 is 15.0 Å². The minimum atomic E-state index is -0.135. The van der Waals surface area contributed by atoms with E-state index in [9.17, 15) is 9.59 Å². The van der Waals surface area contributed by atoms with Crippen LogP contribution < -0.4 is 10.1 Å². The first kappa shape index (κ1) is 16.8. The van der Waals surface area contributed by atoms with Crippen LogP contribution in [0.15, 0.2) is 22.7 Å². The Balaban J connectivity index is 2.01. The highest BCUT2D eigenvalue weighted by Crippen LogP contribution is 2.27. The molecule has 1 heterocycles. The van der Waals surface area contributed by atoms with Gasteiger partial charge in [0.05, 0.1) is 17.6 Å². The van der Waals surface area contributed by atoms with Crippen LogP contribution in [0.4, 0.5) is 0 Å². The average Bonchev–Trinajstić information content (AvgIpc) is 2.48. The summed E-state index contributed by atoms with van der Waals surface area (Å²) in [5.74, 6) is 1.06. The number of nitrogens with one attached hydrogen (secondary N) is 1. The summed E-state index contributed by atoms with van der Waals surface area (Å²) >= 11 is 3.44. The highest BCUT2D eigenvalue weighted by atomic mass is 79.9. The molecule has 1 aliphatic heterocycles. The van der Waals surface area contributed by atoms with E-state index in [1.807, 2.05) is 0 Å². The number of carbonyl (C=O) groups excluding carboxylic acids is 2. The second-order valence-corrected chi connectivity index (χ2v) is 6.61. The Morgan fingerprint density at radius 3 is 2.86 bits per heavy atom. The van der Waals surface area contributed by atoms with E-state index in [4.69, 9.17) is 4.74 Å². The van der Waals surface area contributed by atoms with E-state index in [2.05, 4.69) is 35.1 Å². The van der Waals surface area contributed by atoms with Crippen LogP contribution in [-0.2, 0) is 4.79 Å². The summed E-state index contributed by atoms with van der Waals surface area (Å²) in [6, 6.07) is 5.28. The van der Waals surface area contributed by atoms with E-state index in [1.165, 1.54) is 0 Å². The van der Waals surface area contributed by atoms with E-state index < -0.39 is 0 Å². The first-order valence-electron chi connectivity index (χ1n) is 7.45. The van der Waals surface area contributed by atoms with E-state index in [1.54, 1.807) is 23.1 Å². The molecule has 0 bridgehead atoms.